The molecular weight excluding hydrogens is 208 g/mol. The molecule has 0 bridgehead atoms. The van der Waals surface area contributed by atoms with Crippen molar-refractivity contribution in [3.63, 3.8) is 0 Å². The summed E-state index contributed by atoms with van der Waals surface area (Å²) in [5.74, 6) is 0.345. The van der Waals surface area contributed by atoms with Crippen LogP contribution in [0.2, 0.25) is 0 Å². The highest BCUT2D eigenvalue weighted by Gasteiger charge is 2.52. The van der Waals surface area contributed by atoms with Gasteiger partial charge < -0.3 is 5.11 Å². The molecule has 2 aromatic heterocycles. The molecule has 16 heavy (non-hydrogen) atoms. The average molecular weight is 218 g/mol. The first-order valence-corrected chi connectivity index (χ1v) is 5.05. The van der Waals surface area contributed by atoms with Crippen molar-refractivity contribution in [1.29, 1.82) is 0 Å². The number of carbonyl (C=O) groups is 1. The van der Waals surface area contributed by atoms with Crippen molar-refractivity contribution in [3.05, 3.63) is 23.8 Å². The van der Waals surface area contributed by atoms with Crippen molar-refractivity contribution in [1.82, 2.24) is 19.6 Å². The Hall–Kier alpha value is -1.98. The number of aliphatic carboxylic acids is 1. The SMILES string of the molecule is Cc1nc2ncc(C3(C(=O)O)CC3)cn2n1. The third-order valence-corrected chi connectivity index (χ3v) is 3.01. The highest BCUT2D eigenvalue weighted by atomic mass is 16.4. The van der Waals surface area contributed by atoms with Crippen LogP contribution in [0.5, 0.6) is 0 Å². The zero-order valence-electron chi connectivity index (χ0n) is 8.71. The first kappa shape index (κ1) is 9.26. The Morgan fingerprint density at radius 1 is 1.56 bits per heavy atom. The van der Waals surface area contributed by atoms with Gasteiger partial charge in [-0.1, -0.05) is 0 Å². The van der Waals surface area contributed by atoms with E-state index in [1.54, 1.807) is 19.3 Å². The van der Waals surface area contributed by atoms with Gasteiger partial charge in [-0.15, -0.1) is 0 Å². The number of nitrogens with zero attached hydrogens (tertiary/aromatic N) is 4. The van der Waals surface area contributed by atoms with Crippen LogP contribution in [0.3, 0.4) is 0 Å². The van der Waals surface area contributed by atoms with Gasteiger partial charge in [0.05, 0.1) is 5.41 Å². The Morgan fingerprint density at radius 3 is 2.94 bits per heavy atom. The summed E-state index contributed by atoms with van der Waals surface area (Å²) in [6.07, 6.45) is 4.64. The Morgan fingerprint density at radius 2 is 2.31 bits per heavy atom. The van der Waals surface area contributed by atoms with E-state index in [1.165, 1.54) is 4.52 Å². The number of hydrogen-bond acceptors (Lipinski definition) is 4. The van der Waals surface area contributed by atoms with Gasteiger partial charge >= 0.3 is 5.97 Å². The molecule has 6 heteroatoms. The number of aromatic nitrogens is 4. The summed E-state index contributed by atoms with van der Waals surface area (Å²) >= 11 is 0. The molecule has 0 radical (unpaired) electrons. The smallest absolute Gasteiger partial charge is 0.314 e. The summed E-state index contributed by atoms with van der Waals surface area (Å²) in [6.45, 7) is 1.78. The lowest BCUT2D eigenvalue weighted by atomic mass is 10.00. The van der Waals surface area contributed by atoms with E-state index in [1.807, 2.05) is 0 Å². The largest absolute Gasteiger partial charge is 0.481 e. The topological polar surface area (TPSA) is 80.4 Å². The summed E-state index contributed by atoms with van der Waals surface area (Å²) in [7, 11) is 0. The number of rotatable bonds is 2. The maximum Gasteiger partial charge on any atom is 0.314 e. The van der Waals surface area contributed by atoms with Gasteiger partial charge in [-0.05, 0) is 19.8 Å². The Kier molecular flexibility index (Phi) is 1.61. The van der Waals surface area contributed by atoms with E-state index in [-0.39, 0.29) is 0 Å². The second kappa shape index (κ2) is 2.78. The number of carboxylic acids is 1. The van der Waals surface area contributed by atoms with Gasteiger partial charge in [-0.2, -0.15) is 10.1 Å². The molecule has 0 saturated heterocycles. The quantitative estimate of drug-likeness (QED) is 0.796. The van der Waals surface area contributed by atoms with Crippen LogP contribution in [0.4, 0.5) is 0 Å². The molecule has 0 amide bonds. The van der Waals surface area contributed by atoms with E-state index in [0.29, 0.717) is 30.0 Å². The second-order valence-electron chi connectivity index (χ2n) is 4.13. The molecule has 1 N–H and O–H groups in total. The Balaban J connectivity index is 2.15. The third-order valence-electron chi connectivity index (χ3n) is 3.01. The molecule has 2 aromatic rings. The zero-order chi connectivity index (χ0) is 11.3. The summed E-state index contributed by atoms with van der Waals surface area (Å²) in [5, 5.41) is 13.3. The van der Waals surface area contributed by atoms with E-state index >= 15 is 0 Å². The number of hydrogen-bond donors (Lipinski definition) is 1. The standard InChI is InChI=1S/C10H10N4O2/c1-6-12-9-11-4-7(5-14(9)13-6)10(2-3-10)8(15)16/h4-5H,2-3H2,1H3,(H,15,16). The molecule has 3 rings (SSSR count). The monoisotopic (exact) mass is 218 g/mol. The lowest BCUT2D eigenvalue weighted by Gasteiger charge is -2.08. The Labute approximate surface area is 91.0 Å². The molecular formula is C10H10N4O2. The van der Waals surface area contributed by atoms with Crippen molar-refractivity contribution in [2.75, 3.05) is 0 Å². The minimum atomic E-state index is -0.787. The van der Waals surface area contributed by atoms with Crippen molar-refractivity contribution < 1.29 is 9.90 Å². The summed E-state index contributed by atoms with van der Waals surface area (Å²) in [4.78, 5) is 19.4. The predicted octanol–water partition coefficient (Wildman–Crippen LogP) is 0.549. The van der Waals surface area contributed by atoms with E-state index in [4.69, 9.17) is 5.11 Å². The predicted molar refractivity (Wildman–Crippen MR) is 54.1 cm³/mol. The van der Waals surface area contributed by atoms with Gasteiger partial charge in [0.15, 0.2) is 0 Å². The highest BCUT2D eigenvalue weighted by Crippen LogP contribution is 2.48. The van der Waals surface area contributed by atoms with Gasteiger partial charge in [-0.3, -0.25) is 4.79 Å². The molecule has 0 aliphatic heterocycles. The molecule has 0 unspecified atom stereocenters. The minimum absolute atomic E-state index is 0.502. The van der Waals surface area contributed by atoms with Crippen molar-refractivity contribution >= 4 is 11.7 Å². The molecule has 1 saturated carbocycles. The first-order chi connectivity index (χ1) is 7.62. The van der Waals surface area contributed by atoms with Gasteiger partial charge in [0.25, 0.3) is 5.78 Å². The fourth-order valence-electron chi connectivity index (χ4n) is 1.88. The zero-order valence-corrected chi connectivity index (χ0v) is 8.71. The van der Waals surface area contributed by atoms with Crippen LogP contribution in [-0.4, -0.2) is 30.7 Å². The van der Waals surface area contributed by atoms with Crippen LogP contribution < -0.4 is 0 Å². The maximum atomic E-state index is 11.2. The van der Waals surface area contributed by atoms with Crippen LogP contribution in [-0.2, 0) is 10.2 Å². The second-order valence-corrected chi connectivity index (χ2v) is 4.13. The molecule has 1 aliphatic carbocycles. The van der Waals surface area contributed by atoms with Crippen LogP contribution in [0.1, 0.15) is 24.2 Å². The van der Waals surface area contributed by atoms with Gasteiger partial charge in [0, 0.05) is 18.0 Å². The summed E-state index contributed by atoms with van der Waals surface area (Å²) in [5.41, 5.74) is -0.0291. The van der Waals surface area contributed by atoms with Crippen LogP contribution in [0, 0.1) is 6.92 Å². The molecule has 82 valence electrons. The van der Waals surface area contributed by atoms with Crippen molar-refractivity contribution in [3.8, 4) is 0 Å². The Bertz CT molecular complexity index is 586. The van der Waals surface area contributed by atoms with E-state index < -0.39 is 11.4 Å². The molecule has 1 aliphatic rings. The highest BCUT2D eigenvalue weighted by molar-refractivity contribution is 5.84. The third kappa shape index (κ3) is 1.13. The number of fused-ring (bicyclic) bond motifs is 1. The van der Waals surface area contributed by atoms with Crippen LogP contribution in [0.15, 0.2) is 12.4 Å². The molecule has 0 spiro atoms. The van der Waals surface area contributed by atoms with Gasteiger partial charge in [-0.25, -0.2) is 9.50 Å². The molecule has 0 aromatic carbocycles. The van der Waals surface area contributed by atoms with Crippen LogP contribution >= 0.6 is 0 Å². The lowest BCUT2D eigenvalue weighted by molar-refractivity contribution is -0.140. The van der Waals surface area contributed by atoms with Crippen molar-refractivity contribution in [2.24, 2.45) is 0 Å². The first-order valence-electron chi connectivity index (χ1n) is 5.05. The normalized spacial score (nSPS) is 17.6. The summed E-state index contributed by atoms with van der Waals surface area (Å²) in [6, 6.07) is 0. The van der Waals surface area contributed by atoms with E-state index in [9.17, 15) is 4.79 Å². The van der Waals surface area contributed by atoms with Crippen molar-refractivity contribution in [2.45, 2.75) is 25.2 Å². The van der Waals surface area contributed by atoms with Gasteiger partial charge in [0.1, 0.15) is 5.82 Å². The number of carboxylic acid groups (broad SMARTS) is 1. The molecule has 2 heterocycles. The fourth-order valence-corrected chi connectivity index (χ4v) is 1.88. The van der Waals surface area contributed by atoms with Crippen LogP contribution in [0.25, 0.3) is 5.78 Å². The van der Waals surface area contributed by atoms with E-state index in [0.717, 1.165) is 0 Å². The number of aryl methyl sites for hydroxylation is 1. The van der Waals surface area contributed by atoms with Gasteiger partial charge in [0.2, 0.25) is 0 Å². The minimum Gasteiger partial charge on any atom is -0.481 e. The lowest BCUT2D eigenvalue weighted by Crippen LogP contribution is -2.20. The summed E-state index contributed by atoms with van der Waals surface area (Å²) < 4.78 is 1.54. The maximum absolute atomic E-state index is 11.2. The fraction of sp³-hybridized carbons (Fsp3) is 0.400. The molecule has 6 nitrogen and oxygen atoms in total. The molecule has 1 fully saturated rings. The van der Waals surface area contributed by atoms with E-state index in [2.05, 4.69) is 15.1 Å². The molecule has 0 atom stereocenters. The average Bonchev–Trinajstić information content (AvgIpc) is 2.95.